The highest BCUT2D eigenvalue weighted by Gasteiger charge is 1.98. The molecule has 0 amide bonds. The average molecular weight is 128 g/mol. The molecule has 0 aliphatic heterocycles. The molecule has 0 saturated carbocycles. The topological polar surface area (TPSA) is 17.8 Å². The van der Waals surface area contributed by atoms with Crippen LogP contribution >= 0.6 is 0 Å². The van der Waals surface area contributed by atoms with Gasteiger partial charge in [0.15, 0.2) is 0 Å². The molecule has 9 heavy (non-hydrogen) atoms. The van der Waals surface area contributed by atoms with E-state index in [0.717, 1.165) is 5.69 Å². The number of rotatable bonds is 1. The summed E-state index contributed by atoms with van der Waals surface area (Å²) in [6.07, 6.45) is 0. The largest absolute Gasteiger partial charge is 0.270 e. The molecule has 1 aromatic heterocycles. The second kappa shape index (κ2) is 2.17. The van der Waals surface area contributed by atoms with Gasteiger partial charge in [-0.2, -0.15) is 5.10 Å². The molecule has 0 aromatic carbocycles. The van der Waals surface area contributed by atoms with Crippen LogP contribution in [-0.4, -0.2) is 9.78 Å². The van der Waals surface area contributed by atoms with Crippen LogP contribution < -0.4 is 0 Å². The van der Waals surface area contributed by atoms with E-state index in [-0.39, 0.29) is 0 Å². The minimum Gasteiger partial charge on any atom is -0.270 e. The van der Waals surface area contributed by atoms with Crippen molar-refractivity contribution in [2.75, 3.05) is 0 Å². The fraction of sp³-hybridized carbons (Fsp3) is 0.500. The number of aromatic nitrogens is 2. The third kappa shape index (κ3) is 1.09. The SMILES string of the molecule is Cc1cc(CF)n(C)n1. The lowest BCUT2D eigenvalue weighted by molar-refractivity contribution is 0.458. The Morgan fingerprint density at radius 1 is 1.78 bits per heavy atom. The van der Waals surface area contributed by atoms with Gasteiger partial charge in [-0.1, -0.05) is 0 Å². The molecule has 1 aromatic rings. The van der Waals surface area contributed by atoms with Gasteiger partial charge in [0, 0.05) is 7.05 Å². The zero-order valence-electron chi connectivity index (χ0n) is 5.56. The highest BCUT2D eigenvalue weighted by atomic mass is 19.1. The lowest BCUT2D eigenvalue weighted by Gasteiger charge is -1.90. The van der Waals surface area contributed by atoms with Crippen LogP contribution in [0.4, 0.5) is 4.39 Å². The molecule has 0 spiro atoms. The molecule has 1 rings (SSSR count). The summed E-state index contributed by atoms with van der Waals surface area (Å²) in [5, 5.41) is 3.96. The molecular weight excluding hydrogens is 119 g/mol. The van der Waals surface area contributed by atoms with E-state index in [0.29, 0.717) is 5.69 Å². The average Bonchev–Trinajstić information content (AvgIpc) is 2.10. The molecule has 0 unspecified atom stereocenters. The Labute approximate surface area is 53.3 Å². The van der Waals surface area contributed by atoms with Crippen molar-refractivity contribution < 1.29 is 4.39 Å². The normalized spacial score (nSPS) is 10.1. The van der Waals surface area contributed by atoms with E-state index in [1.165, 1.54) is 0 Å². The van der Waals surface area contributed by atoms with Crippen molar-refractivity contribution in [1.82, 2.24) is 9.78 Å². The molecule has 2 nitrogen and oxygen atoms in total. The lowest BCUT2D eigenvalue weighted by atomic mass is 10.4. The summed E-state index contributed by atoms with van der Waals surface area (Å²) in [4.78, 5) is 0. The first-order valence-corrected chi connectivity index (χ1v) is 2.79. The second-order valence-corrected chi connectivity index (χ2v) is 2.03. The van der Waals surface area contributed by atoms with E-state index >= 15 is 0 Å². The minimum absolute atomic E-state index is 0.433. The van der Waals surface area contributed by atoms with Crippen LogP contribution in [0.5, 0.6) is 0 Å². The molecule has 0 N–H and O–H groups in total. The molecule has 0 aliphatic rings. The number of alkyl halides is 1. The monoisotopic (exact) mass is 128 g/mol. The third-order valence-electron chi connectivity index (χ3n) is 1.24. The molecule has 0 saturated heterocycles. The van der Waals surface area contributed by atoms with E-state index in [2.05, 4.69) is 5.10 Å². The summed E-state index contributed by atoms with van der Waals surface area (Å²) in [6, 6.07) is 1.74. The van der Waals surface area contributed by atoms with Crippen LogP contribution in [0, 0.1) is 6.92 Å². The first-order valence-electron chi connectivity index (χ1n) is 2.79. The van der Waals surface area contributed by atoms with Gasteiger partial charge in [-0.3, -0.25) is 4.68 Å². The Morgan fingerprint density at radius 2 is 2.44 bits per heavy atom. The predicted octanol–water partition coefficient (Wildman–Crippen LogP) is 1.20. The smallest absolute Gasteiger partial charge is 0.131 e. The molecule has 0 bridgehead atoms. The summed E-state index contributed by atoms with van der Waals surface area (Å²) in [5.41, 5.74) is 1.50. The molecule has 0 radical (unpaired) electrons. The van der Waals surface area contributed by atoms with Gasteiger partial charge in [0.25, 0.3) is 0 Å². The Kier molecular flexibility index (Phi) is 1.51. The number of hydrogen-bond acceptors (Lipinski definition) is 1. The van der Waals surface area contributed by atoms with Gasteiger partial charge in [-0.25, -0.2) is 4.39 Å². The number of nitrogens with zero attached hydrogens (tertiary/aromatic N) is 2. The number of halogens is 1. The summed E-state index contributed by atoms with van der Waals surface area (Å²) in [5.74, 6) is 0. The molecule has 0 atom stereocenters. The van der Waals surface area contributed by atoms with E-state index < -0.39 is 6.67 Å². The van der Waals surface area contributed by atoms with Gasteiger partial charge in [0.2, 0.25) is 0 Å². The van der Waals surface area contributed by atoms with E-state index in [1.807, 2.05) is 6.92 Å². The zero-order chi connectivity index (χ0) is 6.85. The number of hydrogen-bond donors (Lipinski definition) is 0. The Hall–Kier alpha value is -0.860. The van der Waals surface area contributed by atoms with Gasteiger partial charge in [0.05, 0.1) is 11.4 Å². The van der Waals surface area contributed by atoms with Crippen molar-refractivity contribution in [3.05, 3.63) is 17.5 Å². The van der Waals surface area contributed by atoms with E-state index in [1.54, 1.807) is 17.8 Å². The van der Waals surface area contributed by atoms with Crippen LogP contribution in [0.15, 0.2) is 6.07 Å². The van der Waals surface area contributed by atoms with Crippen LogP contribution in [-0.2, 0) is 13.7 Å². The van der Waals surface area contributed by atoms with E-state index in [4.69, 9.17) is 0 Å². The third-order valence-corrected chi connectivity index (χ3v) is 1.24. The highest BCUT2D eigenvalue weighted by Crippen LogP contribution is 2.01. The highest BCUT2D eigenvalue weighted by molar-refractivity contribution is 5.06. The first-order chi connectivity index (χ1) is 4.24. The molecule has 0 aliphatic carbocycles. The number of aryl methyl sites for hydroxylation is 2. The maximum Gasteiger partial charge on any atom is 0.131 e. The minimum atomic E-state index is -0.433. The van der Waals surface area contributed by atoms with Crippen LogP contribution in [0.2, 0.25) is 0 Å². The fourth-order valence-electron chi connectivity index (χ4n) is 0.789. The lowest BCUT2D eigenvalue weighted by Crippen LogP contribution is -1.94. The van der Waals surface area contributed by atoms with Gasteiger partial charge < -0.3 is 0 Å². The van der Waals surface area contributed by atoms with Crippen molar-refractivity contribution in [3.63, 3.8) is 0 Å². The van der Waals surface area contributed by atoms with E-state index in [9.17, 15) is 4.39 Å². The van der Waals surface area contributed by atoms with Crippen molar-refractivity contribution in [1.29, 1.82) is 0 Å². The zero-order valence-corrected chi connectivity index (χ0v) is 5.56. The fourth-order valence-corrected chi connectivity index (χ4v) is 0.789. The van der Waals surface area contributed by atoms with Crippen molar-refractivity contribution in [3.8, 4) is 0 Å². The molecular formula is C6H9FN2. The summed E-state index contributed by atoms with van der Waals surface area (Å²) in [7, 11) is 1.74. The summed E-state index contributed by atoms with van der Waals surface area (Å²) >= 11 is 0. The maximum atomic E-state index is 11.9. The van der Waals surface area contributed by atoms with Crippen molar-refractivity contribution in [2.45, 2.75) is 13.6 Å². The van der Waals surface area contributed by atoms with Crippen LogP contribution in [0.25, 0.3) is 0 Å². The Morgan fingerprint density at radius 3 is 2.67 bits per heavy atom. The standard InChI is InChI=1S/C6H9FN2/c1-5-3-6(4-7)9(2)8-5/h3H,4H2,1-2H3. The van der Waals surface area contributed by atoms with Crippen molar-refractivity contribution in [2.24, 2.45) is 7.05 Å². The van der Waals surface area contributed by atoms with Gasteiger partial charge in [0.1, 0.15) is 6.67 Å². The van der Waals surface area contributed by atoms with Gasteiger partial charge in [-0.05, 0) is 13.0 Å². The van der Waals surface area contributed by atoms with Gasteiger partial charge in [-0.15, -0.1) is 0 Å². The molecule has 50 valence electrons. The summed E-state index contributed by atoms with van der Waals surface area (Å²) < 4.78 is 13.5. The van der Waals surface area contributed by atoms with Crippen LogP contribution in [0.3, 0.4) is 0 Å². The Balaban J connectivity index is 3.01. The molecule has 3 heteroatoms. The van der Waals surface area contributed by atoms with Crippen molar-refractivity contribution >= 4 is 0 Å². The molecule has 0 fully saturated rings. The first kappa shape index (κ1) is 6.26. The summed E-state index contributed by atoms with van der Waals surface area (Å²) in [6.45, 7) is 1.41. The maximum absolute atomic E-state index is 11.9. The molecule has 1 heterocycles. The predicted molar refractivity (Wildman–Crippen MR) is 32.8 cm³/mol. The quantitative estimate of drug-likeness (QED) is 0.555. The van der Waals surface area contributed by atoms with Crippen LogP contribution in [0.1, 0.15) is 11.4 Å². The Bertz CT molecular complexity index is 205. The van der Waals surface area contributed by atoms with Gasteiger partial charge >= 0.3 is 0 Å². The second-order valence-electron chi connectivity index (χ2n) is 2.03.